The number of rotatable bonds is 10. The van der Waals surface area contributed by atoms with Gasteiger partial charge in [0.15, 0.2) is 5.82 Å². The molecule has 0 atom stereocenters. The number of aromatic hydroxyl groups is 1. The second kappa shape index (κ2) is 14.8. The zero-order valence-corrected chi connectivity index (χ0v) is 28.1. The Morgan fingerprint density at radius 3 is 2.41 bits per heavy atom. The van der Waals surface area contributed by atoms with E-state index < -0.39 is 11.7 Å². The first-order valence-electron chi connectivity index (χ1n) is 15.4. The van der Waals surface area contributed by atoms with E-state index in [4.69, 9.17) is 15.2 Å². The summed E-state index contributed by atoms with van der Waals surface area (Å²) < 4.78 is 12.4. The van der Waals surface area contributed by atoms with Crippen molar-refractivity contribution >= 4 is 33.5 Å². The number of halogens is 1. The van der Waals surface area contributed by atoms with Crippen molar-refractivity contribution in [1.29, 1.82) is 0 Å². The van der Waals surface area contributed by atoms with Crippen LogP contribution < -0.4 is 20.7 Å². The number of carbonyl (C=O) groups is 1. The number of nitrogens with one attached hydrogen (secondary N) is 1. The van der Waals surface area contributed by atoms with Gasteiger partial charge in [-0.3, -0.25) is 4.90 Å². The van der Waals surface area contributed by atoms with E-state index in [1.165, 1.54) is 11.1 Å². The number of hydrogen-bond donors (Lipinski definition) is 3. The number of hydrogen-bond acceptors (Lipinski definition) is 9. The van der Waals surface area contributed by atoms with Crippen LogP contribution in [0, 0.1) is 0 Å². The van der Waals surface area contributed by atoms with Gasteiger partial charge in [0, 0.05) is 61.3 Å². The highest BCUT2D eigenvalue weighted by Crippen LogP contribution is 2.32. The Bertz CT molecular complexity index is 1640. The van der Waals surface area contributed by atoms with Crippen LogP contribution in [0.4, 0.5) is 16.3 Å². The largest absolute Gasteiger partial charge is 0.507 e. The highest BCUT2D eigenvalue weighted by molar-refractivity contribution is 9.10. The van der Waals surface area contributed by atoms with Crippen molar-refractivity contribution in [2.75, 3.05) is 43.4 Å². The van der Waals surface area contributed by atoms with Gasteiger partial charge < -0.3 is 30.5 Å². The third-order valence-electron chi connectivity index (χ3n) is 7.62. The lowest BCUT2D eigenvalue weighted by Gasteiger charge is -2.36. The number of carbonyl (C=O) groups excluding carboxylic acids is 1. The van der Waals surface area contributed by atoms with Crippen LogP contribution in [-0.2, 0) is 24.2 Å². The van der Waals surface area contributed by atoms with Crippen LogP contribution in [0.25, 0.3) is 11.3 Å². The van der Waals surface area contributed by atoms with E-state index in [1.54, 1.807) is 12.1 Å². The Kier molecular flexibility index (Phi) is 10.6. The molecule has 5 rings (SSSR count). The Morgan fingerprint density at radius 2 is 1.70 bits per heavy atom. The van der Waals surface area contributed by atoms with E-state index in [0.29, 0.717) is 30.2 Å². The standard InChI is InChI=1S/C35H41BrN6O4/c1-35(2,3)46-34(44)38-22-26-12-13-27(36)20-32(26)45-19-14-24-8-10-25(11-9-24)23-41-15-17-42(18-16-41)30-21-29(39-40-33(30)37)28-6-4-5-7-31(28)43/h4-13,20-21,43H,14-19,22-23H2,1-3H3,(H2,37,40)(H,38,44). The van der Waals surface area contributed by atoms with Gasteiger partial charge in [0.2, 0.25) is 0 Å². The quantitative estimate of drug-likeness (QED) is 0.180. The first kappa shape index (κ1) is 33.0. The number of phenolic OH excluding ortho intramolecular Hbond substituents is 1. The van der Waals surface area contributed by atoms with Crippen LogP contribution in [-0.4, -0.2) is 64.7 Å². The number of nitrogen functional groups attached to an aromatic ring is 1. The van der Waals surface area contributed by atoms with E-state index in [9.17, 15) is 9.90 Å². The lowest BCUT2D eigenvalue weighted by Crippen LogP contribution is -2.46. The van der Waals surface area contributed by atoms with Gasteiger partial charge >= 0.3 is 6.09 Å². The van der Waals surface area contributed by atoms with Gasteiger partial charge in [-0.15, -0.1) is 10.2 Å². The number of benzene rings is 3. The van der Waals surface area contributed by atoms with Crippen LogP contribution in [0.5, 0.6) is 11.5 Å². The molecule has 11 heteroatoms. The number of phenols is 1. The Labute approximate surface area is 278 Å². The van der Waals surface area contributed by atoms with Gasteiger partial charge in [0.1, 0.15) is 17.1 Å². The summed E-state index contributed by atoms with van der Waals surface area (Å²) >= 11 is 3.52. The van der Waals surface area contributed by atoms with E-state index in [1.807, 2.05) is 57.2 Å². The lowest BCUT2D eigenvalue weighted by atomic mass is 10.1. The molecule has 0 bridgehead atoms. The summed E-state index contributed by atoms with van der Waals surface area (Å²) in [7, 11) is 0. The summed E-state index contributed by atoms with van der Waals surface area (Å²) in [6.07, 6.45) is 0.299. The molecular formula is C35H41BrN6O4. The predicted molar refractivity (Wildman–Crippen MR) is 184 cm³/mol. The highest BCUT2D eigenvalue weighted by Gasteiger charge is 2.21. The van der Waals surface area contributed by atoms with Gasteiger partial charge in [0.05, 0.1) is 18.0 Å². The van der Waals surface area contributed by atoms with E-state index in [2.05, 4.69) is 65.5 Å². The number of ether oxygens (including phenoxy) is 2. The summed E-state index contributed by atoms with van der Waals surface area (Å²) in [4.78, 5) is 16.8. The minimum atomic E-state index is -0.554. The number of anilines is 2. The molecule has 1 fully saturated rings. The van der Waals surface area contributed by atoms with Crippen LogP contribution in [0.3, 0.4) is 0 Å². The summed E-state index contributed by atoms with van der Waals surface area (Å²) in [5, 5.41) is 21.4. The first-order chi connectivity index (χ1) is 22.0. The topological polar surface area (TPSA) is 126 Å². The molecule has 0 aliphatic carbocycles. The van der Waals surface area contributed by atoms with E-state index in [-0.39, 0.29) is 5.75 Å². The zero-order chi connectivity index (χ0) is 32.7. The maximum Gasteiger partial charge on any atom is 0.407 e. The third-order valence-corrected chi connectivity index (χ3v) is 8.12. The monoisotopic (exact) mass is 688 g/mol. The summed E-state index contributed by atoms with van der Waals surface area (Å²) in [6.45, 7) is 10.6. The zero-order valence-electron chi connectivity index (χ0n) is 26.5. The normalized spacial score (nSPS) is 13.8. The van der Waals surface area contributed by atoms with Crippen LogP contribution in [0.2, 0.25) is 0 Å². The molecule has 1 aromatic heterocycles. The van der Waals surface area contributed by atoms with Crippen LogP contribution >= 0.6 is 15.9 Å². The number of alkyl carbamates (subject to hydrolysis) is 1. The molecule has 1 aliphatic heterocycles. The van der Waals surface area contributed by atoms with Crippen LogP contribution in [0.15, 0.2) is 77.3 Å². The van der Waals surface area contributed by atoms with Gasteiger partial charge in [-0.25, -0.2) is 4.79 Å². The number of piperazine rings is 1. The molecular weight excluding hydrogens is 648 g/mol. The average Bonchev–Trinajstić information content (AvgIpc) is 3.02. The molecule has 0 unspecified atom stereocenters. The minimum absolute atomic E-state index is 0.166. The van der Waals surface area contributed by atoms with Gasteiger partial charge in [-0.1, -0.05) is 58.4 Å². The molecule has 4 aromatic rings. The summed E-state index contributed by atoms with van der Waals surface area (Å²) in [6, 6.07) is 23.5. The third kappa shape index (κ3) is 9.11. The summed E-state index contributed by atoms with van der Waals surface area (Å²) in [5.41, 5.74) is 11.1. The van der Waals surface area contributed by atoms with E-state index >= 15 is 0 Å². The smallest absolute Gasteiger partial charge is 0.407 e. The molecule has 10 nitrogen and oxygen atoms in total. The van der Waals surface area contributed by atoms with Crippen molar-refractivity contribution < 1.29 is 19.4 Å². The molecule has 1 saturated heterocycles. The van der Waals surface area contributed by atoms with Crippen LogP contribution in [0.1, 0.15) is 37.5 Å². The molecule has 1 aliphatic rings. The summed E-state index contributed by atoms with van der Waals surface area (Å²) in [5.74, 6) is 1.28. The number of amides is 1. The molecule has 2 heterocycles. The SMILES string of the molecule is CC(C)(C)OC(=O)NCc1ccc(Br)cc1OCCc1ccc(CN2CCN(c3cc(-c4ccccc4O)nnc3N)CC2)cc1. The maximum absolute atomic E-state index is 12.1. The van der Waals surface area contributed by atoms with E-state index in [0.717, 1.165) is 60.6 Å². The molecule has 0 radical (unpaired) electrons. The fourth-order valence-electron chi connectivity index (χ4n) is 5.25. The lowest BCUT2D eigenvalue weighted by molar-refractivity contribution is 0.0523. The fourth-order valence-corrected chi connectivity index (χ4v) is 5.59. The number of nitrogens with zero attached hydrogens (tertiary/aromatic N) is 4. The second-order valence-electron chi connectivity index (χ2n) is 12.3. The average molecular weight is 690 g/mol. The maximum atomic E-state index is 12.1. The second-order valence-corrected chi connectivity index (χ2v) is 13.2. The highest BCUT2D eigenvalue weighted by atomic mass is 79.9. The Balaban J connectivity index is 1.09. The van der Waals surface area contributed by atoms with Crippen molar-refractivity contribution in [3.05, 3.63) is 94.0 Å². The minimum Gasteiger partial charge on any atom is -0.507 e. The van der Waals surface area contributed by atoms with Crippen molar-refractivity contribution in [2.24, 2.45) is 0 Å². The molecule has 3 aromatic carbocycles. The van der Waals surface area contributed by atoms with Gasteiger partial charge in [-0.2, -0.15) is 0 Å². The molecule has 242 valence electrons. The number of nitrogens with two attached hydrogens (primary N) is 1. The van der Waals surface area contributed by atoms with Crippen molar-refractivity contribution in [3.63, 3.8) is 0 Å². The molecule has 0 saturated carbocycles. The predicted octanol–water partition coefficient (Wildman–Crippen LogP) is 6.16. The fraction of sp³-hybridized carbons (Fsp3) is 0.343. The van der Waals surface area contributed by atoms with Gasteiger partial charge in [-0.05, 0) is 62.2 Å². The molecule has 1 amide bonds. The molecule has 4 N–H and O–H groups in total. The number of aromatic nitrogens is 2. The van der Waals surface area contributed by atoms with Gasteiger partial charge in [0.25, 0.3) is 0 Å². The molecule has 46 heavy (non-hydrogen) atoms. The Morgan fingerprint density at radius 1 is 0.978 bits per heavy atom. The first-order valence-corrected chi connectivity index (χ1v) is 16.2. The Hall–Kier alpha value is -4.35. The van der Waals surface area contributed by atoms with Crippen molar-refractivity contribution in [3.8, 4) is 22.8 Å². The number of para-hydroxylation sites is 1. The molecule has 0 spiro atoms. The van der Waals surface area contributed by atoms with Crippen molar-refractivity contribution in [1.82, 2.24) is 20.4 Å². The van der Waals surface area contributed by atoms with Crippen molar-refractivity contribution in [2.45, 2.75) is 45.9 Å².